The summed E-state index contributed by atoms with van der Waals surface area (Å²) in [5, 5.41) is 18.3. The Morgan fingerprint density at radius 2 is 2.00 bits per heavy atom. The zero-order valence-corrected chi connectivity index (χ0v) is 11.7. The van der Waals surface area contributed by atoms with E-state index in [-0.39, 0.29) is 18.2 Å². The van der Waals surface area contributed by atoms with Gasteiger partial charge in [-0.3, -0.25) is 9.59 Å². The van der Waals surface area contributed by atoms with Gasteiger partial charge in [0.1, 0.15) is 5.75 Å². The molecule has 0 spiro atoms. The summed E-state index contributed by atoms with van der Waals surface area (Å²) in [6.45, 7) is 0.795. The highest BCUT2D eigenvalue weighted by Crippen LogP contribution is 2.18. The summed E-state index contributed by atoms with van der Waals surface area (Å²) in [7, 11) is 0. The lowest BCUT2D eigenvalue weighted by Gasteiger charge is -2.32. The van der Waals surface area contributed by atoms with Gasteiger partial charge in [0.05, 0.1) is 12.0 Å². The Hall–Kier alpha value is -2.08. The lowest BCUT2D eigenvalue weighted by atomic mass is 9.97. The molecule has 1 fully saturated rings. The number of benzene rings is 1. The molecule has 2 rings (SSSR count). The summed E-state index contributed by atoms with van der Waals surface area (Å²) >= 11 is 0. The van der Waals surface area contributed by atoms with E-state index in [1.807, 2.05) is 0 Å². The highest BCUT2D eigenvalue weighted by Gasteiger charge is 2.30. The van der Waals surface area contributed by atoms with Crippen LogP contribution in [-0.2, 0) is 16.0 Å². The van der Waals surface area contributed by atoms with E-state index in [1.165, 1.54) is 0 Å². The molecular formula is C15H20N2O4. The molecule has 1 aliphatic rings. The van der Waals surface area contributed by atoms with Crippen LogP contribution in [0.4, 0.5) is 0 Å². The Balaban J connectivity index is 1.95. The Morgan fingerprint density at radius 3 is 2.62 bits per heavy atom. The number of rotatable bonds is 4. The van der Waals surface area contributed by atoms with Crippen molar-refractivity contribution in [1.82, 2.24) is 4.90 Å². The second-order valence-electron chi connectivity index (χ2n) is 5.44. The zero-order chi connectivity index (χ0) is 15.4. The van der Waals surface area contributed by atoms with Crippen molar-refractivity contribution in [3.63, 3.8) is 0 Å². The van der Waals surface area contributed by atoms with Crippen molar-refractivity contribution in [3.05, 3.63) is 29.8 Å². The molecule has 0 saturated carbocycles. The third-order valence-corrected chi connectivity index (χ3v) is 3.79. The van der Waals surface area contributed by atoms with Crippen LogP contribution in [0.15, 0.2) is 24.3 Å². The first-order chi connectivity index (χ1) is 9.97. The lowest BCUT2D eigenvalue weighted by Crippen LogP contribution is -2.49. The van der Waals surface area contributed by atoms with Gasteiger partial charge >= 0.3 is 5.97 Å². The van der Waals surface area contributed by atoms with Crippen molar-refractivity contribution in [1.29, 1.82) is 0 Å². The van der Waals surface area contributed by atoms with Gasteiger partial charge in [-0.2, -0.15) is 0 Å². The number of nitrogens with zero attached hydrogens (tertiary/aromatic N) is 1. The van der Waals surface area contributed by atoms with E-state index in [4.69, 9.17) is 10.8 Å². The maximum atomic E-state index is 12.3. The van der Waals surface area contributed by atoms with Gasteiger partial charge < -0.3 is 20.8 Å². The molecule has 0 bridgehead atoms. The molecule has 21 heavy (non-hydrogen) atoms. The number of nitrogens with two attached hydrogens (primary N) is 1. The highest BCUT2D eigenvalue weighted by atomic mass is 16.4. The first kappa shape index (κ1) is 15.3. The van der Waals surface area contributed by atoms with Crippen LogP contribution in [-0.4, -0.2) is 46.1 Å². The van der Waals surface area contributed by atoms with E-state index >= 15 is 0 Å². The fourth-order valence-corrected chi connectivity index (χ4v) is 2.59. The van der Waals surface area contributed by atoms with Gasteiger partial charge in [-0.05, 0) is 37.0 Å². The van der Waals surface area contributed by atoms with Gasteiger partial charge in [-0.25, -0.2) is 0 Å². The van der Waals surface area contributed by atoms with Crippen LogP contribution in [0.1, 0.15) is 18.4 Å². The number of hydrogen-bond acceptors (Lipinski definition) is 4. The smallest absolute Gasteiger partial charge is 0.308 e. The molecule has 1 amide bonds. The van der Waals surface area contributed by atoms with Gasteiger partial charge in [-0.15, -0.1) is 0 Å². The van der Waals surface area contributed by atoms with Gasteiger partial charge in [0.15, 0.2) is 0 Å². The monoisotopic (exact) mass is 292 g/mol. The number of aromatic hydroxyl groups is 1. The van der Waals surface area contributed by atoms with Crippen molar-refractivity contribution in [2.24, 2.45) is 11.7 Å². The minimum Gasteiger partial charge on any atom is -0.508 e. The molecule has 1 aliphatic heterocycles. The number of amides is 1. The number of carboxylic acid groups (broad SMARTS) is 1. The maximum absolute atomic E-state index is 12.3. The number of hydrogen-bond donors (Lipinski definition) is 3. The number of phenolic OH excluding ortho intramolecular Hbond substituents is 1. The largest absolute Gasteiger partial charge is 0.508 e. The molecule has 1 aromatic carbocycles. The number of likely N-dealkylation sites (tertiary alicyclic amines) is 1. The molecule has 0 unspecified atom stereocenters. The highest BCUT2D eigenvalue weighted by molar-refractivity contribution is 5.83. The zero-order valence-electron chi connectivity index (χ0n) is 11.7. The van der Waals surface area contributed by atoms with Crippen LogP contribution in [0.2, 0.25) is 0 Å². The summed E-state index contributed by atoms with van der Waals surface area (Å²) in [6, 6.07) is 5.85. The van der Waals surface area contributed by atoms with Crippen LogP contribution in [0.3, 0.4) is 0 Å². The third-order valence-electron chi connectivity index (χ3n) is 3.79. The van der Waals surface area contributed by atoms with E-state index in [9.17, 15) is 14.7 Å². The van der Waals surface area contributed by atoms with Crippen LogP contribution in [0, 0.1) is 5.92 Å². The summed E-state index contributed by atoms with van der Waals surface area (Å²) in [5.41, 5.74) is 6.80. The van der Waals surface area contributed by atoms with E-state index in [2.05, 4.69) is 0 Å². The second-order valence-corrected chi connectivity index (χ2v) is 5.44. The first-order valence-electron chi connectivity index (χ1n) is 7.02. The molecule has 114 valence electrons. The lowest BCUT2D eigenvalue weighted by molar-refractivity contribution is -0.146. The number of carboxylic acids is 1. The predicted octanol–water partition coefficient (Wildman–Crippen LogP) is 0.585. The number of aliphatic carboxylic acids is 1. The Kier molecular flexibility index (Phi) is 4.80. The fraction of sp³-hybridized carbons (Fsp3) is 0.467. The molecular weight excluding hydrogens is 272 g/mol. The molecule has 1 heterocycles. The van der Waals surface area contributed by atoms with Gasteiger partial charge in [0.25, 0.3) is 0 Å². The van der Waals surface area contributed by atoms with Gasteiger partial charge in [0, 0.05) is 13.1 Å². The van der Waals surface area contributed by atoms with Crippen molar-refractivity contribution in [2.45, 2.75) is 25.3 Å². The Morgan fingerprint density at radius 1 is 1.33 bits per heavy atom. The summed E-state index contributed by atoms with van der Waals surface area (Å²) in [6.07, 6.45) is 1.66. The average molecular weight is 292 g/mol. The number of phenols is 1. The number of piperidine rings is 1. The Labute approximate surface area is 123 Å². The SMILES string of the molecule is N[C@H](Cc1ccc(O)cc1)C(=O)N1CCC[C@H](C(=O)O)C1. The van der Waals surface area contributed by atoms with Crippen LogP contribution in [0.5, 0.6) is 5.75 Å². The van der Waals surface area contributed by atoms with Gasteiger partial charge in [0.2, 0.25) is 5.91 Å². The van der Waals surface area contributed by atoms with Crippen LogP contribution >= 0.6 is 0 Å². The molecule has 1 aromatic rings. The standard InChI is InChI=1S/C15H20N2O4/c16-13(8-10-3-5-12(18)6-4-10)14(19)17-7-1-2-11(9-17)15(20)21/h3-6,11,13,18H,1-2,7-9,16H2,(H,20,21)/t11-,13+/m0/s1. The molecule has 2 atom stereocenters. The van der Waals surface area contributed by atoms with Crippen molar-refractivity contribution >= 4 is 11.9 Å². The molecule has 0 aliphatic carbocycles. The molecule has 6 nitrogen and oxygen atoms in total. The van der Waals surface area contributed by atoms with Crippen LogP contribution < -0.4 is 5.73 Å². The van der Waals surface area contributed by atoms with Gasteiger partial charge in [-0.1, -0.05) is 12.1 Å². The quantitative estimate of drug-likeness (QED) is 0.753. The number of carbonyl (C=O) groups excluding carboxylic acids is 1. The summed E-state index contributed by atoms with van der Waals surface area (Å²) in [4.78, 5) is 24.9. The average Bonchev–Trinajstić information content (AvgIpc) is 2.49. The molecule has 0 aromatic heterocycles. The first-order valence-corrected chi connectivity index (χ1v) is 7.02. The van der Waals surface area contributed by atoms with Crippen molar-refractivity contribution in [2.75, 3.05) is 13.1 Å². The fourth-order valence-electron chi connectivity index (χ4n) is 2.59. The predicted molar refractivity (Wildman–Crippen MR) is 76.7 cm³/mol. The van der Waals surface area contributed by atoms with Crippen molar-refractivity contribution in [3.8, 4) is 5.75 Å². The molecule has 1 saturated heterocycles. The van der Waals surface area contributed by atoms with E-state index in [1.54, 1.807) is 29.2 Å². The van der Waals surface area contributed by atoms with E-state index in [0.29, 0.717) is 25.8 Å². The Bertz CT molecular complexity index is 515. The minimum absolute atomic E-state index is 0.166. The summed E-state index contributed by atoms with van der Waals surface area (Å²) in [5.74, 6) is -1.41. The van der Waals surface area contributed by atoms with Crippen molar-refractivity contribution < 1.29 is 19.8 Å². The molecule has 0 radical (unpaired) electrons. The topological polar surface area (TPSA) is 104 Å². The number of carbonyl (C=O) groups is 2. The minimum atomic E-state index is -0.861. The van der Waals surface area contributed by atoms with E-state index < -0.39 is 17.9 Å². The van der Waals surface area contributed by atoms with Crippen LogP contribution in [0.25, 0.3) is 0 Å². The summed E-state index contributed by atoms with van der Waals surface area (Å²) < 4.78 is 0. The maximum Gasteiger partial charge on any atom is 0.308 e. The molecule has 6 heteroatoms. The molecule has 4 N–H and O–H groups in total. The van der Waals surface area contributed by atoms with E-state index in [0.717, 1.165) is 5.56 Å². The normalized spacial score (nSPS) is 20.0. The second kappa shape index (κ2) is 6.58. The third kappa shape index (κ3) is 3.95.